The number of carboxylic acids is 1. The van der Waals surface area contributed by atoms with Crippen molar-refractivity contribution in [3.63, 3.8) is 0 Å². The Morgan fingerprint density at radius 3 is 2.62 bits per heavy atom. The van der Waals surface area contributed by atoms with Gasteiger partial charge in [0.1, 0.15) is 0 Å². The zero-order valence-corrected chi connectivity index (χ0v) is 24.1. The van der Waals surface area contributed by atoms with E-state index in [2.05, 4.69) is 50.7 Å². The highest BCUT2D eigenvalue weighted by Gasteiger charge is 2.59. The van der Waals surface area contributed by atoms with Gasteiger partial charge in [-0.25, -0.2) is 4.98 Å². The number of carboxylic acid groups (broad SMARTS) is 1. The molecule has 2 N–H and O–H groups in total. The van der Waals surface area contributed by atoms with Gasteiger partial charge in [0.05, 0.1) is 18.4 Å². The van der Waals surface area contributed by atoms with E-state index in [-0.39, 0.29) is 12.3 Å². The van der Waals surface area contributed by atoms with Crippen molar-refractivity contribution in [2.24, 2.45) is 52.3 Å². The summed E-state index contributed by atoms with van der Waals surface area (Å²) in [7, 11) is 0. The summed E-state index contributed by atoms with van der Waals surface area (Å²) in [5.74, 6) is 4.82. The minimum absolute atomic E-state index is 0.00865. The van der Waals surface area contributed by atoms with Gasteiger partial charge in [-0.1, -0.05) is 65.5 Å². The molecule has 9 atom stereocenters. The van der Waals surface area contributed by atoms with Gasteiger partial charge in [-0.05, 0) is 104 Å². The first-order chi connectivity index (χ1) is 17.6. The summed E-state index contributed by atoms with van der Waals surface area (Å²) < 4.78 is 0. The van der Waals surface area contributed by atoms with Gasteiger partial charge < -0.3 is 10.1 Å². The summed E-state index contributed by atoms with van der Waals surface area (Å²) in [6.45, 7) is 12.6. The third-order valence-electron chi connectivity index (χ3n) is 12.2. The summed E-state index contributed by atoms with van der Waals surface area (Å²) in [6, 6.07) is 0. The van der Waals surface area contributed by atoms with E-state index < -0.39 is 5.97 Å². The molecule has 1 aromatic heterocycles. The number of rotatable bonds is 9. The van der Waals surface area contributed by atoms with Crippen LogP contribution in [-0.2, 0) is 4.79 Å². The second-order valence-electron chi connectivity index (χ2n) is 14.5. The second kappa shape index (κ2) is 10.5. The molecule has 0 radical (unpaired) electrons. The van der Waals surface area contributed by atoms with E-state index in [4.69, 9.17) is 0 Å². The van der Waals surface area contributed by atoms with Gasteiger partial charge in [0, 0.05) is 12.1 Å². The molecule has 0 bridgehead atoms. The van der Waals surface area contributed by atoms with Gasteiger partial charge in [-0.3, -0.25) is 4.79 Å². The number of nitrogens with zero attached hydrogens (tertiary/aromatic N) is 1. The largest absolute Gasteiger partial charge is 0.481 e. The fourth-order valence-corrected chi connectivity index (χ4v) is 10.2. The van der Waals surface area contributed by atoms with Gasteiger partial charge in [0.25, 0.3) is 0 Å². The number of hydrogen-bond acceptors (Lipinski definition) is 2. The predicted molar refractivity (Wildman–Crippen MR) is 150 cm³/mol. The molecule has 0 spiro atoms. The second-order valence-corrected chi connectivity index (χ2v) is 14.5. The molecule has 5 rings (SSSR count). The summed E-state index contributed by atoms with van der Waals surface area (Å²) in [5, 5.41) is 9.64. The van der Waals surface area contributed by atoms with Crippen LogP contribution in [-0.4, -0.2) is 21.0 Å². The number of carbonyl (C=O) groups is 1. The number of aromatic nitrogens is 2. The van der Waals surface area contributed by atoms with Crippen molar-refractivity contribution in [1.82, 2.24) is 9.97 Å². The molecule has 37 heavy (non-hydrogen) atoms. The number of H-pyrrole nitrogens is 1. The van der Waals surface area contributed by atoms with Crippen molar-refractivity contribution >= 4 is 5.97 Å². The molecule has 206 valence electrons. The van der Waals surface area contributed by atoms with E-state index in [9.17, 15) is 9.90 Å². The van der Waals surface area contributed by atoms with Crippen molar-refractivity contribution in [2.75, 3.05) is 0 Å². The third kappa shape index (κ3) is 4.96. The Hall–Kier alpha value is -1.58. The Bertz CT molecular complexity index is 967. The fourth-order valence-electron chi connectivity index (χ4n) is 10.2. The smallest absolute Gasteiger partial charge is 0.304 e. The highest BCUT2D eigenvalue weighted by Crippen LogP contribution is 2.68. The first-order valence-corrected chi connectivity index (χ1v) is 15.5. The predicted octanol–water partition coefficient (Wildman–Crippen LogP) is 8.63. The summed E-state index contributed by atoms with van der Waals surface area (Å²) >= 11 is 0. The van der Waals surface area contributed by atoms with Crippen molar-refractivity contribution in [1.29, 1.82) is 0 Å². The Kier molecular flexibility index (Phi) is 7.69. The molecule has 1 aromatic rings. The van der Waals surface area contributed by atoms with Crippen LogP contribution in [0.2, 0.25) is 0 Å². The number of aliphatic carboxylic acids is 1. The molecular weight excluding hydrogens is 456 g/mol. The average molecular weight is 509 g/mol. The minimum atomic E-state index is -0.709. The number of imidazole rings is 1. The van der Waals surface area contributed by atoms with E-state index in [1.54, 1.807) is 11.9 Å². The van der Waals surface area contributed by atoms with Crippen LogP contribution >= 0.6 is 0 Å². The molecule has 0 amide bonds. The molecule has 0 aliphatic heterocycles. The van der Waals surface area contributed by atoms with E-state index in [1.165, 1.54) is 57.8 Å². The zero-order valence-electron chi connectivity index (χ0n) is 24.1. The van der Waals surface area contributed by atoms with Crippen LogP contribution in [0.1, 0.15) is 123 Å². The highest BCUT2D eigenvalue weighted by molar-refractivity contribution is 5.68. The molecule has 4 heteroatoms. The topological polar surface area (TPSA) is 66.0 Å². The summed E-state index contributed by atoms with van der Waals surface area (Å²) in [6.07, 6.45) is 21.0. The Labute approximate surface area is 225 Å². The standard InChI is InChI=1S/C33H52N2O2/c1-21(2)7-6-8-22(3)27-11-12-28-25-10-9-24-17-23(26(18-31(36)37)30-19-34-20-35-30)13-15-32(24,4)29(25)14-16-33(27,28)5/h9,19-23,25-29H,6-8,10-18H2,1-5H3,(H,34,35)(H,36,37)/t22-,23?,25?,26+,27-,28?,29?,32+,33-/m1/s1. The highest BCUT2D eigenvalue weighted by atomic mass is 16.4. The molecule has 1 heterocycles. The lowest BCUT2D eigenvalue weighted by molar-refractivity contribution is -0.137. The van der Waals surface area contributed by atoms with Crippen LogP contribution < -0.4 is 0 Å². The Morgan fingerprint density at radius 2 is 1.92 bits per heavy atom. The molecule has 0 saturated heterocycles. The number of nitrogens with one attached hydrogen (secondary N) is 1. The van der Waals surface area contributed by atoms with E-state index in [1.807, 2.05) is 6.20 Å². The molecule has 4 nitrogen and oxygen atoms in total. The monoisotopic (exact) mass is 508 g/mol. The molecule has 0 aromatic carbocycles. The van der Waals surface area contributed by atoms with E-state index >= 15 is 0 Å². The zero-order chi connectivity index (χ0) is 26.4. The van der Waals surface area contributed by atoms with Crippen molar-refractivity contribution in [3.8, 4) is 0 Å². The van der Waals surface area contributed by atoms with E-state index in [0.29, 0.717) is 16.7 Å². The minimum Gasteiger partial charge on any atom is -0.481 e. The number of fused-ring (bicyclic) bond motifs is 5. The molecule has 3 saturated carbocycles. The first-order valence-electron chi connectivity index (χ1n) is 15.5. The Balaban J connectivity index is 1.31. The molecular formula is C33H52N2O2. The summed E-state index contributed by atoms with van der Waals surface area (Å²) in [4.78, 5) is 19.3. The molecule has 4 aliphatic carbocycles. The molecule has 4 aliphatic rings. The van der Waals surface area contributed by atoms with Gasteiger partial charge >= 0.3 is 5.97 Å². The summed E-state index contributed by atoms with van der Waals surface area (Å²) in [5.41, 5.74) is 3.42. The lowest BCUT2D eigenvalue weighted by atomic mass is 9.46. The quantitative estimate of drug-likeness (QED) is 0.328. The number of allylic oxidation sites excluding steroid dienone is 2. The van der Waals surface area contributed by atoms with Gasteiger partial charge in [0.15, 0.2) is 0 Å². The lowest BCUT2D eigenvalue weighted by Gasteiger charge is -2.59. The first kappa shape index (κ1) is 27.0. The fraction of sp³-hybridized carbons (Fsp3) is 0.818. The van der Waals surface area contributed by atoms with Crippen LogP contribution in [0.15, 0.2) is 24.2 Å². The molecule has 4 unspecified atom stereocenters. The van der Waals surface area contributed by atoms with Crippen molar-refractivity contribution in [3.05, 3.63) is 29.9 Å². The van der Waals surface area contributed by atoms with Gasteiger partial charge in [-0.2, -0.15) is 0 Å². The van der Waals surface area contributed by atoms with Crippen LogP contribution in [0.3, 0.4) is 0 Å². The van der Waals surface area contributed by atoms with Crippen LogP contribution in [0.5, 0.6) is 0 Å². The van der Waals surface area contributed by atoms with Crippen molar-refractivity contribution < 1.29 is 9.90 Å². The average Bonchev–Trinajstić information content (AvgIpc) is 3.49. The normalized spacial score (nSPS) is 38.9. The Morgan fingerprint density at radius 1 is 1.11 bits per heavy atom. The third-order valence-corrected chi connectivity index (χ3v) is 12.2. The van der Waals surface area contributed by atoms with Crippen LogP contribution in [0, 0.1) is 52.3 Å². The lowest BCUT2D eigenvalue weighted by Crippen LogP contribution is -2.50. The van der Waals surface area contributed by atoms with Gasteiger partial charge in [0.2, 0.25) is 0 Å². The van der Waals surface area contributed by atoms with Crippen LogP contribution in [0.4, 0.5) is 0 Å². The molecule has 3 fully saturated rings. The van der Waals surface area contributed by atoms with E-state index in [0.717, 1.165) is 54.0 Å². The number of hydrogen-bond donors (Lipinski definition) is 2. The van der Waals surface area contributed by atoms with Gasteiger partial charge in [-0.15, -0.1) is 0 Å². The SMILES string of the molecule is CC(C)CCC[C@@H](C)[C@H]1CCC2C3CC=C4CC([C@H](CC(=O)O)c5c[nH]cn5)CC[C@]4(C)C3CC[C@@]21C. The maximum Gasteiger partial charge on any atom is 0.304 e. The maximum absolute atomic E-state index is 11.7. The maximum atomic E-state index is 11.7. The van der Waals surface area contributed by atoms with Crippen LogP contribution in [0.25, 0.3) is 0 Å². The van der Waals surface area contributed by atoms with Crippen molar-refractivity contribution in [2.45, 2.75) is 118 Å². The number of aromatic amines is 1.